The molecular weight excluding hydrogens is 558 g/mol. The van der Waals surface area contributed by atoms with Gasteiger partial charge in [-0.15, -0.1) is 0 Å². The molecule has 0 unspecified atom stereocenters. The second-order valence-corrected chi connectivity index (χ2v) is 11.7. The number of Topliss-reactive ketones (excluding diaryl/α,β-unsaturated/α-hetero) is 2. The fourth-order valence-electron chi connectivity index (χ4n) is 6.64. The summed E-state index contributed by atoms with van der Waals surface area (Å²) in [7, 11) is 6.59. The van der Waals surface area contributed by atoms with Crippen LogP contribution in [-0.4, -0.2) is 100 Å². The number of nitrogens with zero attached hydrogens (tertiary/aromatic N) is 2. The number of phenolic OH excluding ortho intramolecular Hbond substituents is 1. The summed E-state index contributed by atoms with van der Waals surface area (Å²) in [5.74, 6) is -7.12. The number of esters is 1. The SMILES string of the molecule is CN(C)CC(=O)Oc1ccc(-c2ccc(O)c3c2C[C@H]2C[C@H]4[C@H](N(C)C)C(=O)C(C(N)=O)=C(O)[C@@]4(O)C(=O)C2=C3O)cc1. The van der Waals surface area contributed by atoms with Crippen LogP contribution in [0.2, 0.25) is 0 Å². The number of benzene rings is 2. The first-order valence-corrected chi connectivity index (χ1v) is 13.6. The highest BCUT2D eigenvalue weighted by molar-refractivity contribution is 6.24. The van der Waals surface area contributed by atoms with Gasteiger partial charge in [-0.1, -0.05) is 18.2 Å². The van der Waals surface area contributed by atoms with Crippen LogP contribution in [-0.2, 0) is 25.6 Å². The van der Waals surface area contributed by atoms with Gasteiger partial charge in [0.25, 0.3) is 5.91 Å². The molecule has 1 amide bonds. The van der Waals surface area contributed by atoms with Gasteiger partial charge in [0.1, 0.15) is 28.6 Å². The summed E-state index contributed by atoms with van der Waals surface area (Å²) in [6, 6.07) is 8.56. The van der Waals surface area contributed by atoms with E-state index in [1.165, 1.54) is 11.0 Å². The number of carbonyl (C=O) groups is 4. The molecule has 4 atom stereocenters. The molecule has 5 rings (SSSR count). The van der Waals surface area contributed by atoms with Crippen LogP contribution in [0.1, 0.15) is 17.5 Å². The first-order valence-electron chi connectivity index (χ1n) is 13.6. The molecule has 1 fully saturated rings. The molecule has 0 heterocycles. The second kappa shape index (κ2) is 10.6. The number of aliphatic hydroxyl groups is 3. The van der Waals surface area contributed by atoms with Crippen LogP contribution in [0.4, 0.5) is 0 Å². The fraction of sp³-hybridized carbons (Fsp3) is 0.355. The Morgan fingerprint density at radius 3 is 2.26 bits per heavy atom. The van der Waals surface area contributed by atoms with E-state index >= 15 is 0 Å². The van der Waals surface area contributed by atoms with Crippen LogP contribution < -0.4 is 10.5 Å². The average molecular weight is 592 g/mol. The molecule has 3 aliphatic rings. The number of phenols is 1. The monoisotopic (exact) mass is 591 g/mol. The lowest BCUT2D eigenvalue weighted by Gasteiger charge is -2.50. The standard InChI is InChI=1S/C31H33N3O9/c1-33(2)13-21(36)43-16-7-5-14(6-8-16)17-9-10-20(35)23-18(17)11-15-12-19-25(34(3)4)27(38)24(30(32)41)29(40)31(19,42)28(39)22(15)26(23)37/h5-10,15,19,25,35,37,40,42H,11-13H2,1-4H3,(H2,32,41)/t15-,19-,25-,31-/m0/s1. The number of primary amides is 1. The van der Waals surface area contributed by atoms with Gasteiger partial charge in [0.2, 0.25) is 5.78 Å². The highest BCUT2D eigenvalue weighted by Crippen LogP contribution is 2.53. The van der Waals surface area contributed by atoms with Crippen molar-refractivity contribution in [1.29, 1.82) is 0 Å². The predicted octanol–water partition coefficient (Wildman–Crippen LogP) is 1.10. The number of aliphatic hydroxyl groups excluding tert-OH is 2. The lowest BCUT2D eigenvalue weighted by Crippen LogP contribution is -2.65. The molecule has 0 bridgehead atoms. The number of carbonyl (C=O) groups excluding carboxylic acids is 4. The second-order valence-electron chi connectivity index (χ2n) is 11.7. The van der Waals surface area contributed by atoms with E-state index in [2.05, 4.69) is 0 Å². The first-order chi connectivity index (χ1) is 20.2. The lowest BCUT2D eigenvalue weighted by atomic mass is 9.57. The number of likely N-dealkylation sites (N-methyl/N-ethyl adjacent to an activating group) is 2. The van der Waals surface area contributed by atoms with E-state index in [1.807, 2.05) is 0 Å². The van der Waals surface area contributed by atoms with Gasteiger partial charge in [0.15, 0.2) is 11.4 Å². The van der Waals surface area contributed by atoms with Crippen molar-refractivity contribution in [2.75, 3.05) is 34.7 Å². The number of ether oxygens (including phenoxy) is 1. The number of nitrogens with two attached hydrogens (primary N) is 1. The number of rotatable bonds is 6. The van der Waals surface area contributed by atoms with E-state index < -0.39 is 64.0 Å². The van der Waals surface area contributed by atoms with Gasteiger partial charge in [0, 0.05) is 11.5 Å². The number of fused-ring (bicyclic) bond motifs is 3. The average Bonchev–Trinajstić information content (AvgIpc) is 2.90. The number of hydrogen-bond acceptors (Lipinski definition) is 11. The third kappa shape index (κ3) is 4.67. The molecule has 1 saturated carbocycles. The Labute approximate surface area is 247 Å². The minimum atomic E-state index is -2.70. The van der Waals surface area contributed by atoms with E-state index in [9.17, 15) is 39.6 Å². The van der Waals surface area contributed by atoms with Gasteiger partial charge < -0.3 is 30.9 Å². The van der Waals surface area contributed by atoms with Gasteiger partial charge in [0.05, 0.1) is 18.2 Å². The lowest BCUT2D eigenvalue weighted by molar-refractivity contribution is -0.153. The molecule has 3 aliphatic carbocycles. The van der Waals surface area contributed by atoms with Crippen LogP contribution in [0, 0.1) is 11.8 Å². The Morgan fingerprint density at radius 1 is 1.02 bits per heavy atom. The maximum Gasteiger partial charge on any atom is 0.325 e. The maximum atomic E-state index is 14.0. The minimum absolute atomic E-state index is 0.00437. The summed E-state index contributed by atoms with van der Waals surface area (Å²) in [5, 5.41) is 44.9. The Morgan fingerprint density at radius 2 is 1.67 bits per heavy atom. The highest BCUT2D eigenvalue weighted by Gasteiger charge is 2.64. The summed E-state index contributed by atoms with van der Waals surface area (Å²) in [6.45, 7) is 0.106. The van der Waals surface area contributed by atoms with Crippen molar-refractivity contribution >= 4 is 29.2 Å². The molecule has 2 aromatic carbocycles. The quantitative estimate of drug-likeness (QED) is 0.184. The normalized spacial score (nSPS) is 25.0. The molecule has 226 valence electrons. The van der Waals surface area contributed by atoms with Gasteiger partial charge in [-0.05, 0) is 81.8 Å². The Bertz CT molecular complexity index is 1620. The molecule has 0 aliphatic heterocycles. The Kier molecular flexibility index (Phi) is 7.41. The number of hydrogen-bond donors (Lipinski definition) is 5. The molecule has 43 heavy (non-hydrogen) atoms. The van der Waals surface area contributed by atoms with E-state index in [1.54, 1.807) is 63.4 Å². The van der Waals surface area contributed by atoms with Crippen molar-refractivity contribution in [3.8, 4) is 22.6 Å². The van der Waals surface area contributed by atoms with Gasteiger partial charge >= 0.3 is 5.97 Å². The van der Waals surface area contributed by atoms with Gasteiger partial charge in [-0.2, -0.15) is 0 Å². The zero-order valence-electron chi connectivity index (χ0n) is 24.1. The van der Waals surface area contributed by atoms with E-state index in [-0.39, 0.29) is 36.3 Å². The highest BCUT2D eigenvalue weighted by atomic mass is 16.5. The number of ketones is 2. The van der Waals surface area contributed by atoms with Crippen LogP contribution in [0.25, 0.3) is 16.9 Å². The predicted molar refractivity (Wildman–Crippen MR) is 154 cm³/mol. The fourth-order valence-corrected chi connectivity index (χ4v) is 6.64. The number of amides is 1. The summed E-state index contributed by atoms with van der Waals surface area (Å²) in [6.07, 6.45) is 0.138. The van der Waals surface area contributed by atoms with Crippen molar-refractivity contribution < 1.29 is 44.3 Å². The maximum absolute atomic E-state index is 14.0. The Hall–Kier alpha value is -4.52. The van der Waals surface area contributed by atoms with Crippen LogP contribution in [0.5, 0.6) is 11.5 Å². The Balaban J connectivity index is 1.60. The van der Waals surface area contributed by atoms with Crippen molar-refractivity contribution in [2.45, 2.75) is 24.5 Å². The topological polar surface area (TPSA) is 191 Å². The van der Waals surface area contributed by atoms with Gasteiger partial charge in [-0.25, -0.2) is 0 Å². The molecule has 2 aromatic rings. The van der Waals surface area contributed by atoms with Crippen molar-refractivity contribution in [3.63, 3.8) is 0 Å². The summed E-state index contributed by atoms with van der Waals surface area (Å²) < 4.78 is 5.36. The zero-order chi connectivity index (χ0) is 31.5. The largest absolute Gasteiger partial charge is 0.508 e. The molecule has 12 heteroatoms. The third-order valence-corrected chi connectivity index (χ3v) is 8.45. The molecule has 12 nitrogen and oxygen atoms in total. The molecular formula is C31H33N3O9. The molecule has 0 radical (unpaired) electrons. The molecule has 6 N–H and O–H groups in total. The third-order valence-electron chi connectivity index (χ3n) is 8.45. The van der Waals surface area contributed by atoms with E-state index in [0.29, 0.717) is 22.4 Å². The smallest absolute Gasteiger partial charge is 0.325 e. The number of aromatic hydroxyl groups is 1. The van der Waals surface area contributed by atoms with Crippen LogP contribution in [0.15, 0.2) is 53.3 Å². The van der Waals surface area contributed by atoms with E-state index in [0.717, 1.165) is 0 Å². The zero-order valence-corrected chi connectivity index (χ0v) is 24.1. The van der Waals surface area contributed by atoms with Crippen molar-refractivity contribution in [2.24, 2.45) is 17.6 Å². The summed E-state index contributed by atoms with van der Waals surface area (Å²) in [4.78, 5) is 54.6. The van der Waals surface area contributed by atoms with Crippen molar-refractivity contribution in [1.82, 2.24) is 9.80 Å². The molecule has 0 saturated heterocycles. The minimum Gasteiger partial charge on any atom is -0.508 e. The van der Waals surface area contributed by atoms with Crippen molar-refractivity contribution in [3.05, 3.63) is 64.4 Å². The molecule has 0 aromatic heterocycles. The first kappa shape index (κ1) is 30.0. The van der Waals surface area contributed by atoms with E-state index in [4.69, 9.17) is 10.5 Å². The summed E-state index contributed by atoms with van der Waals surface area (Å²) >= 11 is 0. The summed E-state index contributed by atoms with van der Waals surface area (Å²) in [5.41, 5.74) is 3.44. The molecule has 0 spiro atoms. The van der Waals surface area contributed by atoms with Crippen LogP contribution >= 0.6 is 0 Å². The van der Waals surface area contributed by atoms with Crippen LogP contribution in [0.3, 0.4) is 0 Å². The van der Waals surface area contributed by atoms with Gasteiger partial charge in [-0.3, -0.25) is 29.0 Å².